The summed E-state index contributed by atoms with van der Waals surface area (Å²) < 4.78 is 0. The van der Waals surface area contributed by atoms with Crippen LogP contribution in [0.1, 0.15) is 5.56 Å². The van der Waals surface area contributed by atoms with Crippen molar-refractivity contribution in [2.45, 2.75) is 6.92 Å². The van der Waals surface area contributed by atoms with Gasteiger partial charge in [0.15, 0.2) is 5.75 Å². The van der Waals surface area contributed by atoms with Crippen LogP contribution in [-0.2, 0) is 0 Å². The molecule has 12 heavy (non-hydrogen) atoms. The summed E-state index contributed by atoms with van der Waals surface area (Å²) in [4.78, 5) is 9.73. The molecule has 5 heteroatoms. The molecule has 3 N–H and O–H groups in total. The van der Waals surface area contributed by atoms with Gasteiger partial charge < -0.3 is 10.8 Å². The summed E-state index contributed by atoms with van der Waals surface area (Å²) in [6.45, 7) is 1.49. The molecule has 0 aliphatic heterocycles. The summed E-state index contributed by atoms with van der Waals surface area (Å²) in [5.41, 5.74) is 5.68. The largest absolute Gasteiger partial charge is 0.502 e. The van der Waals surface area contributed by atoms with Gasteiger partial charge in [0.1, 0.15) is 0 Å². The molecular formula is C7H8N2O3. The Kier molecular flexibility index (Phi) is 1.86. The zero-order valence-electron chi connectivity index (χ0n) is 6.44. The molecule has 0 aliphatic rings. The van der Waals surface area contributed by atoms with E-state index in [0.29, 0.717) is 11.3 Å². The van der Waals surface area contributed by atoms with E-state index in [1.165, 1.54) is 19.1 Å². The van der Waals surface area contributed by atoms with Crippen molar-refractivity contribution in [3.63, 3.8) is 0 Å². The normalized spacial score (nSPS) is 9.75. The Bertz CT molecular complexity index is 336. The van der Waals surface area contributed by atoms with Crippen LogP contribution in [0, 0.1) is 17.0 Å². The van der Waals surface area contributed by atoms with Crippen LogP contribution in [0.2, 0.25) is 0 Å². The number of benzene rings is 1. The third kappa shape index (κ3) is 1.16. The van der Waals surface area contributed by atoms with Crippen molar-refractivity contribution in [2.24, 2.45) is 0 Å². The molecule has 0 radical (unpaired) electrons. The van der Waals surface area contributed by atoms with E-state index >= 15 is 0 Å². The maximum Gasteiger partial charge on any atom is 0.315 e. The molecule has 0 amide bonds. The highest BCUT2D eigenvalue weighted by Crippen LogP contribution is 2.32. The monoisotopic (exact) mass is 168 g/mol. The predicted molar refractivity (Wildman–Crippen MR) is 43.9 cm³/mol. The Morgan fingerprint density at radius 3 is 2.58 bits per heavy atom. The fourth-order valence-electron chi connectivity index (χ4n) is 0.932. The van der Waals surface area contributed by atoms with E-state index in [2.05, 4.69) is 0 Å². The Morgan fingerprint density at radius 2 is 2.17 bits per heavy atom. The number of phenols is 1. The average molecular weight is 168 g/mol. The fraction of sp³-hybridized carbons (Fsp3) is 0.143. The number of rotatable bonds is 1. The molecular weight excluding hydrogens is 160 g/mol. The van der Waals surface area contributed by atoms with Crippen LogP contribution in [-0.4, -0.2) is 10.0 Å². The Labute approximate surface area is 68.6 Å². The first-order chi connectivity index (χ1) is 5.54. The molecule has 0 heterocycles. The average Bonchev–Trinajstić information content (AvgIpc) is 1.97. The lowest BCUT2D eigenvalue weighted by Gasteiger charge is -2.01. The minimum Gasteiger partial charge on any atom is -0.502 e. The second kappa shape index (κ2) is 2.69. The van der Waals surface area contributed by atoms with Crippen molar-refractivity contribution in [2.75, 3.05) is 5.73 Å². The number of nitrogens with two attached hydrogens (primary N) is 1. The molecule has 0 aliphatic carbocycles. The van der Waals surface area contributed by atoms with Gasteiger partial charge in [0.2, 0.25) is 0 Å². The number of hydrogen-bond acceptors (Lipinski definition) is 4. The Hall–Kier alpha value is -1.78. The summed E-state index contributed by atoms with van der Waals surface area (Å²) in [6.07, 6.45) is 0. The second-order valence-electron chi connectivity index (χ2n) is 2.40. The van der Waals surface area contributed by atoms with Crippen LogP contribution in [0.5, 0.6) is 5.75 Å². The van der Waals surface area contributed by atoms with Gasteiger partial charge in [-0.05, 0) is 19.1 Å². The smallest absolute Gasteiger partial charge is 0.315 e. The van der Waals surface area contributed by atoms with Crippen LogP contribution in [0.3, 0.4) is 0 Å². The van der Waals surface area contributed by atoms with Gasteiger partial charge in [0, 0.05) is 5.69 Å². The number of nitro benzene ring substituents is 1. The van der Waals surface area contributed by atoms with Crippen molar-refractivity contribution in [3.05, 3.63) is 27.8 Å². The molecule has 0 atom stereocenters. The zero-order chi connectivity index (χ0) is 9.30. The van der Waals surface area contributed by atoms with E-state index in [-0.39, 0.29) is 11.4 Å². The van der Waals surface area contributed by atoms with E-state index in [0.717, 1.165) is 0 Å². The van der Waals surface area contributed by atoms with E-state index in [1.807, 2.05) is 0 Å². The molecule has 0 unspecified atom stereocenters. The maximum atomic E-state index is 10.4. The number of anilines is 1. The van der Waals surface area contributed by atoms with Gasteiger partial charge in [-0.1, -0.05) is 0 Å². The molecule has 0 saturated heterocycles. The molecule has 0 fully saturated rings. The lowest BCUT2D eigenvalue weighted by molar-refractivity contribution is -0.386. The summed E-state index contributed by atoms with van der Waals surface area (Å²) in [5, 5.41) is 19.5. The third-order valence-electron chi connectivity index (χ3n) is 1.63. The third-order valence-corrected chi connectivity index (χ3v) is 1.63. The van der Waals surface area contributed by atoms with Crippen molar-refractivity contribution in [3.8, 4) is 5.75 Å². The standard InChI is InChI=1S/C7H8N2O3/c1-4-5(8)2-3-6(10)7(4)9(11)12/h2-3,10H,8H2,1H3. The highest BCUT2D eigenvalue weighted by molar-refractivity contribution is 5.63. The highest BCUT2D eigenvalue weighted by atomic mass is 16.6. The van der Waals surface area contributed by atoms with Crippen LogP contribution in [0.15, 0.2) is 12.1 Å². The van der Waals surface area contributed by atoms with Gasteiger partial charge in [-0.15, -0.1) is 0 Å². The lowest BCUT2D eigenvalue weighted by Crippen LogP contribution is -1.96. The van der Waals surface area contributed by atoms with Crippen molar-refractivity contribution in [1.82, 2.24) is 0 Å². The van der Waals surface area contributed by atoms with Crippen molar-refractivity contribution in [1.29, 1.82) is 0 Å². The molecule has 1 aromatic rings. The number of nitrogen functional groups attached to an aromatic ring is 1. The van der Waals surface area contributed by atoms with E-state index in [9.17, 15) is 10.1 Å². The quantitative estimate of drug-likeness (QED) is 0.285. The van der Waals surface area contributed by atoms with Gasteiger partial charge in [-0.25, -0.2) is 0 Å². The van der Waals surface area contributed by atoms with Crippen LogP contribution in [0.4, 0.5) is 11.4 Å². The van der Waals surface area contributed by atoms with Gasteiger partial charge in [0.05, 0.1) is 10.5 Å². The van der Waals surface area contributed by atoms with Gasteiger partial charge >= 0.3 is 5.69 Å². The molecule has 0 bridgehead atoms. The predicted octanol–water partition coefficient (Wildman–Crippen LogP) is 1.19. The van der Waals surface area contributed by atoms with Gasteiger partial charge in [-0.2, -0.15) is 0 Å². The van der Waals surface area contributed by atoms with Crippen molar-refractivity contribution < 1.29 is 10.0 Å². The molecule has 1 aromatic carbocycles. The summed E-state index contributed by atoms with van der Waals surface area (Å²) >= 11 is 0. The fourth-order valence-corrected chi connectivity index (χ4v) is 0.932. The van der Waals surface area contributed by atoms with E-state index in [1.54, 1.807) is 0 Å². The zero-order valence-corrected chi connectivity index (χ0v) is 6.44. The topological polar surface area (TPSA) is 89.4 Å². The summed E-state index contributed by atoms with van der Waals surface area (Å²) in [6, 6.07) is 2.64. The molecule has 0 aromatic heterocycles. The van der Waals surface area contributed by atoms with Gasteiger partial charge in [-0.3, -0.25) is 10.1 Å². The number of nitrogens with zero attached hydrogens (tertiary/aromatic N) is 1. The van der Waals surface area contributed by atoms with E-state index in [4.69, 9.17) is 10.8 Å². The second-order valence-corrected chi connectivity index (χ2v) is 2.40. The van der Waals surface area contributed by atoms with Crippen LogP contribution in [0.25, 0.3) is 0 Å². The van der Waals surface area contributed by atoms with Crippen LogP contribution >= 0.6 is 0 Å². The first-order valence-electron chi connectivity index (χ1n) is 3.26. The Morgan fingerprint density at radius 1 is 1.58 bits per heavy atom. The minimum atomic E-state index is -0.652. The van der Waals surface area contributed by atoms with E-state index < -0.39 is 4.92 Å². The molecule has 0 saturated carbocycles. The lowest BCUT2D eigenvalue weighted by atomic mass is 10.1. The molecule has 1 rings (SSSR count). The minimum absolute atomic E-state index is 0.292. The molecule has 64 valence electrons. The highest BCUT2D eigenvalue weighted by Gasteiger charge is 2.18. The number of aromatic hydroxyl groups is 1. The molecule has 5 nitrogen and oxygen atoms in total. The SMILES string of the molecule is Cc1c(N)ccc(O)c1[N+](=O)[O-]. The first kappa shape index (κ1) is 8.32. The number of phenolic OH excluding ortho intramolecular Hbond substituents is 1. The Balaban J connectivity index is 3.43. The maximum absolute atomic E-state index is 10.4. The van der Waals surface area contributed by atoms with Crippen molar-refractivity contribution >= 4 is 11.4 Å². The summed E-state index contributed by atoms with van der Waals surface area (Å²) in [7, 11) is 0. The van der Waals surface area contributed by atoms with Crippen LogP contribution < -0.4 is 5.73 Å². The number of hydrogen-bond donors (Lipinski definition) is 2. The summed E-state index contributed by atoms with van der Waals surface area (Å²) in [5.74, 6) is -0.355. The first-order valence-corrected chi connectivity index (χ1v) is 3.26. The number of nitro groups is 1. The van der Waals surface area contributed by atoms with Gasteiger partial charge in [0.25, 0.3) is 0 Å². The molecule has 0 spiro atoms.